The molecule has 3 N–H and O–H groups in total. The van der Waals surface area contributed by atoms with Crippen molar-refractivity contribution < 1.29 is 14.7 Å². The first kappa shape index (κ1) is 21.8. The Kier molecular flexibility index (Phi) is 7.32. The van der Waals surface area contributed by atoms with Crippen molar-refractivity contribution in [1.29, 1.82) is 0 Å². The quantitative estimate of drug-likeness (QED) is 0.585. The number of benzene rings is 1. The number of nitrogens with zero attached hydrogens (tertiary/aromatic N) is 2. The summed E-state index contributed by atoms with van der Waals surface area (Å²) in [5.41, 5.74) is 10.5. The Balaban J connectivity index is 1.70. The van der Waals surface area contributed by atoms with E-state index < -0.39 is 5.97 Å². The number of amides is 1. The van der Waals surface area contributed by atoms with Crippen LogP contribution in [-0.4, -0.2) is 45.2 Å². The van der Waals surface area contributed by atoms with Crippen molar-refractivity contribution in [2.24, 2.45) is 5.73 Å². The number of aromatic nitrogens is 1. The number of carbonyl (C=O) groups is 2. The van der Waals surface area contributed by atoms with Crippen LogP contribution in [0.4, 0.5) is 0 Å². The number of rotatable bonds is 9. The number of hydrogen-bond acceptors (Lipinski definition) is 6. The molecule has 3 rings (SSSR count). The van der Waals surface area contributed by atoms with Crippen LogP contribution in [-0.2, 0) is 17.6 Å². The third-order valence-corrected chi connectivity index (χ3v) is 7.43. The topological polar surface area (TPSA) is 96.5 Å². The van der Waals surface area contributed by atoms with Gasteiger partial charge >= 0.3 is 5.97 Å². The summed E-state index contributed by atoms with van der Waals surface area (Å²) in [4.78, 5) is 29.5. The van der Waals surface area contributed by atoms with Crippen molar-refractivity contribution in [2.75, 3.05) is 12.3 Å². The van der Waals surface area contributed by atoms with Crippen LogP contribution in [0.2, 0.25) is 0 Å². The van der Waals surface area contributed by atoms with Crippen LogP contribution < -0.4 is 5.73 Å². The van der Waals surface area contributed by atoms with Crippen LogP contribution in [0.1, 0.15) is 59.9 Å². The van der Waals surface area contributed by atoms with E-state index in [1.54, 1.807) is 5.38 Å². The van der Waals surface area contributed by atoms with Gasteiger partial charge in [-0.3, -0.25) is 4.79 Å². The van der Waals surface area contributed by atoms with E-state index in [2.05, 4.69) is 37.0 Å². The van der Waals surface area contributed by atoms with E-state index in [0.29, 0.717) is 23.1 Å². The lowest BCUT2D eigenvalue weighted by Crippen LogP contribution is -2.42. The molecule has 0 radical (unpaired) electrons. The highest BCUT2D eigenvalue weighted by molar-refractivity contribution is 8.01. The highest BCUT2D eigenvalue weighted by Gasteiger charge is 2.36. The maximum Gasteiger partial charge on any atom is 0.355 e. The Bertz CT molecular complexity index is 862. The maximum absolute atomic E-state index is 12.5. The molecule has 1 aliphatic heterocycles. The van der Waals surface area contributed by atoms with E-state index >= 15 is 0 Å². The van der Waals surface area contributed by atoms with Crippen LogP contribution in [0.15, 0.2) is 27.9 Å². The SMILES string of the molecule is CCc1cccc(CC)c1C(N)[C@H]1CCC(=O)N1CCSc1nc(C(=O)O)cs1. The molecule has 0 aliphatic carbocycles. The Labute approximate surface area is 179 Å². The molecule has 1 saturated heterocycles. The summed E-state index contributed by atoms with van der Waals surface area (Å²) in [6, 6.07) is 6.14. The van der Waals surface area contributed by atoms with Gasteiger partial charge in [0, 0.05) is 24.1 Å². The number of thioether (sulfide) groups is 1. The lowest BCUT2D eigenvalue weighted by molar-refractivity contribution is -0.128. The molecule has 1 aromatic heterocycles. The predicted octanol–water partition coefficient (Wildman–Crippen LogP) is 3.75. The van der Waals surface area contributed by atoms with Gasteiger partial charge in [-0.1, -0.05) is 43.8 Å². The average molecular weight is 434 g/mol. The summed E-state index contributed by atoms with van der Waals surface area (Å²) in [5, 5.41) is 10.5. The standard InChI is InChI=1S/C21H27N3O3S2/c1-3-13-6-5-7-14(4-2)18(13)19(22)16-8-9-17(25)24(16)10-11-28-21-23-15(12-29-21)20(26)27/h5-7,12,16,19H,3-4,8-11,22H2,1-2H3,(H,26,27)/t16-,19?/m1/s1. The zero-order chi connectivity index (χ0) is 21.0. The highest BCUT2D eigenvalue weighted by Crippen LogP contribution is 2.33. The molecule has 1 fully saturated rings. The predicted molar refractivity (Wildman–Crippen MR) is 117 cm³/mol. The summed E-state index contributed by atoms with van der Waals surface area (Å²) in [5.74, 6) is -0.212. The second kappa shape index (κ2) is 9.73. The zero-order valence-electron chi connectivity index (χ0n) is 16.8. The van der Waals surface area contributed by atoms with Crippen LogP contribution >= 0.6 is 23.1 Å². The molecule has 1 unspecified atom stereocenters. The Hall–Kier alpha value is -1.90. The molecule has 2 atom stereocenters. The van der Waals surface area contributed by atoms with Crippen LogP contribution in [0.25, 0.3) is 0 Å². The van der Waals surface area contributed by atoms with Gasteiger partial charge in [0.2, 0.25) is 5.91 Å². The van der Waals surface area contributed by atoms with Crippen molar-refractivity contribution in [3.8, 4) is 0 Å². The van der Waals surface area contributed by atoms with Gasteiger partial charge in [-0.25, -0.2) is 9.78 Å². The van der Waals surface area contributed by atoms with Gasteiger partial charge in [0.05, 0.1) is 12.1 Å². The van der Waals surface area contributed by atoms with E-state index in [4.69, 9.17) is 10.8 Å². The summed E-state index contributed by atoms with van der Waals surface area (Å²) >= 11 is 2.80. The molecular weight excluding hydrogens is 406 g/mol. The smallest absolute Gasteiger partial charge is 0.355 e. The summed E-state index contributed by atoms with van der Waals surface area (Å²) in [6.45, 7) is 4.86. The molecule has 29 heavy (non-hydrogen) atoms. The normalized spacial score (nSPS) is 17.7. The zero-order valence-corrected chi connectivity index (χ0v) is 18.4. The minimum Gasteiger partial charge on any atom is -0.476 e. The van der Waals surface area contributed by atoms with E-state index in [0.717, 1.165) is 19.3 Å². The van der Waals surface area contributed by atoms with E-state index in [1.165, 1.54) is 39.8 Å². The fraction of sp³-hybridized carbons (Fsp3) is 0.476. The molecule has 8 heteroatoms. The summed E-state index contributed by atoms with van der Waals surface area (Å²) < 4.78 is 0.708. The molecule has 0 spiro atoms. The number of hydrogen-bond donors (Lipinski definition) is 2. The van der Waals surface area contributed by atoms with Crippen molar-refractivity contribution in [1.82, 2.24) is 9.88 Å². The van der Waals surface area contributed by atoms with Crippen molar-refractivity contribution in [3.63, 3.8) is 0 Å². The fourth-order valence-corrected chi connectivity index (χ4v) is 5.79. The summed E-state index contributed by atoms with van der Waals surface area (Å²) in [7, 11) is 0. The van der Waals surface area contributed by atoms with Gasteiger partial charge in [0.15, 0.2) is 10.0 Å². The number of aryl methyl sites for hydroxylation is 2. The molecule has 2 aromatic rings. The number of thiazole rings is 1. The fourth-order valence-electron chi connectivity index (χ4n) is 3.98. The maximum atomic E-state index is 12.5. The third kappa shape index (κ3) is 4.82. The van der Waals surface area contributed by atoms with Gasteiger partial charge in [0.25, 0.3) is 0 Å². The molecule has 2 heterocycles. The van der Waals surface area contributed by atoms with Crippen molar-refractivity contribution in [3.05, 3.63) is 46.0 Å². The van der Waals surface area contributed by atoms with E-state index in [9.17, 15) is 9.59 Å². The van der Waals surface area contributed by atoms with Crippen molar-refractivity contribution in [2.45, 2.75) is 56.0 Å². The molecule has 0 saturated carbocycles. The number of carboxylic acid groups (broad SMARTS) is 1. The minimum atomic E-state index is -1.02. The van der Waals surface area contributed by atoms with E-state index in [1.807, 2.05) is 4.90 Å². The third-order valence-electron chi connectivity index (χ3n) is 5.43. The highest BCUT2D eigenvalue weighted by atomic mass is 32.2. The van der Waals surface area contributed by atoms with Gasteiger partial charge in [-0.15, -0.1) is 11.3 Å². The number of likely N-dealkylation sites (tertiary alicyclic amines) is 1. The Morgan fingerprint density at radius 2 is 2.07 bits per heavy atom. The monoisotopic (exact) mass is 433 g/mol. The first-order chi connectivity index (χ1) is 14.0. The number of aromatic carboxylic acids is 1. The minimum absolute atomic E-state index is 0.00743. The van der Waals surface area contributed by atoms with E-state index in [-0.39, 0.29) is 23.7 Å². The molecule has 1 aromatic carbocycles. The van der Waals surface area contributed by atoms with Gasteiger partial charge in [-0.05, 0) is 36.0 Å². The first-order valence-electron chi connectivity index (χ1n) is 9.93. The lowest BCUT2D eigenvalue weighted by atomic mass is 9.88. The second-order valence-corrected chi connectivity index (χ2v) is 9.27. The molecule has 6 nitrogen and oxygen atoms in total. The Morgan fingerprint density at radius 3 is 2.66 bits per heavy atom. The van der Waals surface area contributed by atoms with Crippen LogP contribution in [0.3, 0.4) is 0 Å². The van der Waals surface area contributed by atoms with Gasteiger partial charge in [-0.2, -0.15) is 0 Å². The average Bonchev–Trinajstić information content (AvgIpc) is 3.34. The second-order valence-electron chi connectivity index (χ2n) is 7.07. The number of carbonyl (C=O) groups excluding carboxylic acids is 1. The molecule has 156 valence electrons. The van der Waals surface area contributed by atoms with Crippen LogP contribution in [0.5, 0.6) is 0 Å². The number of carboxylic acids is 1. The largest absolute Gasteiger partial charge is 0.476 e. The Morgan fingerprint density at radius 1 is 1.38 bits per heavy atom. The van der Waals surface area contributed by atoms with Crippen molar-refractivity contribution >= 4 is 35.0 Å². The molecular formula is C21H27N3O3S2. The first-order valence-corrected chi connectivity index (χ1v) is 11.8. The van der Waals surface area contributed by atoms with Gasteiger partial charge in [0.1, 0.15) is 0 Å². The summed E-state index contributed by atoms with van der Waals surface area (Å²) in [6.07, 6.45) is 3.14. The molecule has 1 aliphatic rings. The van der Waals surface area contributed by atoms with Gasteiger partial charge < -0.3 is 15.7 Å². The molecule has 1 amide bonds. The van der Waals surface area contributed by atoms with Crippen LogP contribution in [0, 0.1) is 0 Å². The lowest BCUT2D eigenvalue weighted by Gasteiger charge is -2.32. The number of nitrogens with two attached hydrogens (primary N) is 1. The molecule has 0 bridgehead atoms.